The molecule has 2 aliphatic rings. The monoisotopic (exact) mass is 136 g/mol. The Labute approximate surface area is 56.6 Å². The Morgan fingerprint density at radius 3 is 3.00 bits per heavy atom. The van der Waals surface area contributed by atoms with Gasteiger partial charge in [0.2, 0.25) is 0 Å². The first kappa shape index (κ1) is 5.34. The molecule has 50 valence electrons. The topological polar surface area (TPSA) is 58.5 Å². The van der Waals surface area contributed by atoms with Crippen LogP contribution in [0, 0.1) is 0 Å². The van der Waals surface area contributed by atoms with Crippen LogP contribution in [-0.2, 0) is 9.59 Å². The molecule has 0 atom stereocenters. The molecule has 2 amide bonds. The smallest absolute Gasteiger partial charge is 0.275 e. The van der Waals surface area contributed by atoms with Gasteiger partial charge in [0.05, 0.1) is 11.1 Å². The van der Waals surface area contributed by atoms with Crippen LogP contribution in [-0.4, -0.2) is 24.6 Å². The first-order chi connectivity index (χ1) is 4.79. The second kappa shape index (κ2) is 1.53. The maximum absolute atomic E-state index is 10.8. The Bertz CT molecular complexity index is 288. The number of rotatable bonds is 0. The maximum atomic E-state index is 10.8. The van der Waals surface area contributed by atoms with Crippen LogP contribution in [0.25, 0.3) is 0 Å². The van der Waals surface area contributed by atoms with Crippen molar-refractivity contribution in [3.05, 3.63) is 11.1 Å². The highest BCUT2D eigenvalue weighted by atomic mass is 16.2. The molecular formula is C6H4N2O2. The summed E-state index contributed by atoms with van der Waals surface area (Å²) >= 11 is 0. The van der Waals surface area contributed by atoms with Crippen LogP contribution >= 0.6 is 0 Å². The van der Waals surface area contributed by atoms with Crippen LogP contribution in [0.15, 0.2) is 16.1 Å². The molecule has 0 spiro atoms. The van der Waals surface area contributed by atoms with Crippen LogP contribution in [0.4, 0.5) is 0 Å². The van der Waals surface area contributed by atoms with Gasteiger partial charge in [0.1, 0.15) is 0 Å². The summed E-state index contributed by atoms with van der Waals surface area (Å²) in [6.45, 7) is 0.340. The summed E-state index contributed by atoms with van der Waals surface area (Å²) in [6, 6.07) is 0. The van der Waals surface area contributed by atoms with Gasteiger partial charge >= 0.3 is 0 Å². The third-order valence-electron chi connectivity index (χ3n) is 1.56. The van der Waals surface area contributed by atoms with Gasteiger partial charge in [-0.15, -0.1) is 0 Å². The van der Waals surface area contributed by atoms with Crippen molar-refractivity contribution < 1.29 is 9.59 Å². The van der Waals surface area contributed by atoms with Crippen molar-refractivity contribution in [1.82, 2.24) is 5.32 Å². The fourth-order valence-corrected chi connectivity index (χ4v) is 1.02. The molecule has 4 heteroatoms. The van der Waals surface area contributed by atoms with Crippen LogP contribution in [0.5, 0.6) is 0 Å². The molecular weight excluding hydrogens is 132 g/mol. The lowest BCUT2D eigenvalue weighted by Gasteiger charge is -1.90. The number of carbonyl (C=O) groups excluding carboxylic acids is 2. The second-order valence-corrected chi connectivity index (χ2v) is 2.14. The third kappa shape index (κ3) is 0.478. The number of nitrogens with one attached hydrogen (secondary N) is 1. The van der Waals surface area contributed by atoms with Gasteiger partial charge in [-0.05, 0) is 0 Å². The quantitative estimate of drug-likeness (QED) is 0.465. The number of nitrogens with zero attached hydrogens (tertiary/aromatic N) is 1. The standard InChI is InChI=1S/C6H4N2O2/c9-5-3-1-7-6(10)4(3)2-8-5/h1H,2H2,(H,8,9). The van der Waals surface area contributed by atoms with E-state index in [1.54, 1.807) is 0 Å². The maximum Gasteiger partial charge on any atom is 0.275 e. The van der Waals surface area contributed by atoms with Gasteiger partial charge in [-0.3, -0.25) is 9.59 Å². The Balaban J connectivity index is 2.52. The molecule has 0 aromatic carbocycles. The van der Waals surface area contributed by atoms with Gasteiger partial charge in [0, 0.05) is 12.8 Å². The summed E-state index contributed by atoms with van der Waals surface area (Å²) in [5.74, 6) is -0.474. The first-order valence-corrected chi connectivity index (χ1v) is 2.89. The number of carbonyl (C=O) groups is 2. The van der Waals surface area contributed by atoms with Crippen LogP contribution in [0.1, 0.15) is 0 Å². The minimum atomic E-state index is -0.284. The molecule has 2 aliphatic heterocycles. The lowest BCUT2D eigenvalue weighted by molar-refractivity contribution is -0.116. The molecule has 0 saturated heterocycles. The van der Waals surface area contributed by atoms with Crippen molar-refractivity contribution in [2.24, 2.45) is 4.99 Å². The molecule has 4 nitrogen and oxygen atoms in total. The van der Waals surface area contributed by atoms with E-state index in [1.807, 2.05) is 0 Å². The van der Waals surface area contributed by atoms with E-state index in [9.17, 15) is 9.59 Å². The van der Waals surface area contributed by atoms with Crippen molar-refractivity contribution in [2.75, 3.05) is 6.54 Å². The third-order valence-corrected chi connectivity index (χ3v) is 1.56. The van der Waals surface area contributed by atoms with Gasteiger partial charge < -0.3 is 5.32 Å². The van der Waals surface area contributed by atoms with Gasteiger partial charge in [-0.2, -0.15) is 0 Å². The Kier molecular flexibility index (Phi) is 0.818. The van der Waals surface area contributed by atoms with Crippen molar-refractivity contribution >= 4 is 18.0 Å². The summed E-state index contributed by atoms with van der Waals surface area (Å²) in [6.07, 6.45) is 1.32. The average molecular weight is 136 g/mol. The summed E-state index contributed by atoms with van der Waals surface area (Å²) in [5.41, 5.74) is 0.940. The van der Waals surface area contributed by atoms with Gasteiger partial charge in [-0.25, -0.2) is 4.99 Å². The predicted molar refractivity (Wildman–Crippen MR) is 33.5 cm³/mol. The fourth-order valence-electron chi connectivity index (χ4n) is 1.02. The molecule has 0 radical (unpaired) electrons. The molecule has 0 unspecified atom stereocenters. The summed E-state index contributed by atoms with van der Waals surface area (Å²) in [4.78, 5) is 25.0. The molecule has 0 bridgehead atoms. The highest BCUT2D eigenvalue weighted by molar-refractivity contribution is 6.27. The zero-order chi connectivity index (χ0) is 7.14. The minimum Gasteiger partial charge on any atom is -0.348 e. The highest BCUT2D eigenvalue weighted by Crippen LogP contribution is 2.15. The Morgan fingerprint density at radius 1 is 1.50 bits per heavy atom. The minimum absolute atomic E-state index is 0.190. The van der Waals surface area contributed by atoms with Crippen LogP contribution in [0.2, 0.25) is 0 Å². The van der Waals surface area contributed by atoms with Crippen molar-refractivity contribution in [2.45, 2.75) is 0 Å². The summed E-state index contributed by atoms with van der Waals surface area (Å²) in [7, 11) is 0. The molecule has 2 heterocycles. The largest absolute Gasteiger partial charge is 0.348 e. The zero-order valence-electron chi connectivity index (χ0n) is 5.05. The van der Waals surface area contributed by atoms with E-state index in [-0.39, 0.29) is 11.8 Å². The van der Waals surface area contributed by atoms with Crippen molar-refractivity contribution in [1.29, 1.82) is 0 Å². The fraction of sp³-hybridized carbons (Fsp3) is 0.167. The summed E-state index contributed by atoms with van der Waals surface area (Å²) < 4.78 is 0. The molecule has 0 aliphatic carbocycles. The molecule has 0 fully saturated rings. The number of aliphatic imine (C=N–C) groups is 1. The second-order valence-electron chi connectivity index (χ2n) is 2.14. The van der Waals surface area contributed by atoms with Crippen molar-refractivity contribution in [3.8, 4) is 0 Å². The normalized spacial score (nSPS) is 22.0. The molecule has 10 heavy (non-hydrogen) atoms. The van der Waals surface area contributed by atoms with Gasteiger partial charge in [0.15, 0.2) is 0 Å². The summed E-state index contributed by atoms with van der Waals surface area (Å²) in [5, 5.41) is 2.53. The van der Waals surface area contributed by atoms with E-state index in [0.29, 0.717) is 17.7 Å². The van der Waals surface area contributed by atoms with E-state index < -0.39 is 0 Å². The van der Waals surface area contributed by atoms with Crippen LogP contribution in [0.3, 0.4) is 0 Å². The Morgan fingerprint density at radius 2 is 2.30 bits per heavy atom. The highest BCUT2D eigenvalue weighted by Gasteiger charge is 2.29. The predicted octanol–water partition coefficient (Wildman–Crippen LogP) is -0.976. The van der Waals surface area contributed by atoms with Gasteiger partial charge in [-0.1, -0.05) is 0 Å². The molecule has 2 rings (SSSR count). The molecule has 0 saturated carbocycles. The van der Waals surface area contributed by atoms with E-state index in [2.05, 4.69) is 10.3 Å². The van der Waals surface area contributed by atoms with E-state index in [0.717, 1.165) is 0 Å². The van der Waals surface area contributed by atoms with Crippen molar-refractivity contribution in [3.63, 3.8) is 0 Å². The SMILES string of the molecule is O=C1N=CC2=C1CNC2=O. The molecule has 1 N–H and O–H groups in total. The zero-order valence-corrected chi connectivity index (χ0v) is 5.05. The van der Waals surface area contributed by atoms with E-state index in [4.69, 9.17) is 0 Å². The first-order valence-electron chi connectivity index (χ1n) is 2.89. The Hall–Kier alpha value is -1.45. The molecule has 0 aromatic rings. The van der Waals surface area contributed by atoms with Crippen LogP contribution < -0.4 is 5.32 Å². The van der Waals surface area contributed by atoms with Gasteiger partial charge in [0.25, 0.3) is 11.8 Å². The number of hydrogen-bond acceptors (Lipinski definition) is 2. The molecule has 0 aromatic heterocycles. The lowest BCUT2D eigenvalue weighted by Crippen LogP contribution is -2.19. The number of amides is 2. The lowest BCUT2D eigenvalue weighted by atomic mass is 10.2. The average Bonchev–Trinajstić information content (AvgIpc) is 2.41. The number of hydrogen-bond donors (Lipinski definition) is 1. The van der Waals surface area contributed by atoms with E-state index >= 15 is 0 Å². The van der Waals surface area contributed by atoms with E-state index in [1.165, 1.54) is 6.21 Å².